The number of carbonyl (C=O) groups is 1. The normalized spacial score (nSPS) is 14.8. The maximum Gasteiger partial charge on any atom is 0.287 e. The predicted octanol–water partition coefficient (Wildman–Crippen LogP) is 2.49. The zero-order valence-electron chi connectivity index (χ0n) is 13.0. The highest BCUT2D eigenvalue weighted by molar-refractivity contribution is 5.91. The van der Waals surface area contributed by atoms with Gasteiger partial charge in [-0.1, -0.05) is 6.07 Å². The van der Waals surface area contributed by atoms with Gasteiger partial charge in [0.2, 0.25) is 0 Å². The van der Waals surface area contributed by atoms with Gasteiger partial charge in [0.15, 0.2) is 5.76 Å². The van der Waals surface area contributed by atoms with Crippen LogP contribution in [0.1, 0.15) is 21.9 Å². The van der Waals surface area contributed by atoms with Gasteiger partial charge in [0, 0.05) is 19.6 Å². The summed E-state index contributed by atoms with van der Waals surface area (Å²) in [5.41, 5.74) is 1.28. The number of anilines is 1. The Kier molecular flexibility index (Phi) is 4.62. The second-order valence-electron chi connectivity index (χ2n) is 5.48. The lowest BCUT2D eigenvalue weighted by molar-refractivity contribution is 0.0922. The molecule has 0 atom stereocenters. The molecule has 0 spiro atoms. The zero-order chi connectivity index (χ0) is 16.2. The van der Waals surface area contributed by atoms with Gasteiger partial charge in [-0.15, -0.1) is 0 Å². The summed E-state index contributed by atoms with van der Waals surface area (Å²) in [7, 11) is 0. The summed E-state index contributed by atoms with van der Waals surface area (Å²) in [5, 5.41) is 2.72. The van der Waals surface area contributed by atoms with Gasteiger partial charge >= 0.3 is 0 Å². The predicted molar refractivity (Wildman–Crippen MR) is 84.0 cm³/mol. The Hall–Kier alpha value is -2.34. The van der Waals surface area contributed by atoms with Gasteiger partial charge < -0.3 is 19.4 Å². The third-order valence-electron chi connectivity index (χ3n) is 3.78. The summed E-state index contributed by atoms with van der Waals surface area (Å²) in [4.78, 5) is 13.9. The zero-order valence-corrected chi connectivity index (χ0v) is 13.0. The van der Waals surface area contributed by atoms with Crippen molar-refractivity contribution in [2.45, 2.75) is 13.5 Å². The molecule has 0 unspecified atom stereocenters. The molecule has 0 radical (unpaired) electrons. The Morgan fingerprint density at radius 3 is 2.70 bits per heavy atom. The molecule has 23 heavy (non-hydrogen) atoms. The Balaban J connectivity index is 1.62. The van der Waals surface area contributed by atoms with E-state index in [4.69, 9.17) is 9.15 Å². The minimum Gasteiger partial charge on any atom is -0.456 e. The average molecular weight is 318 g/mol. The summed E-state index contributed by atoms with van der Waals surface area (Å²) < 4.78 is 24.8. The number of amides is 1. The van der Waals surface area contributed by atoms with E-state index in [0.29, 0.717) is 43.3 Å². The van der Waals surface area contributed by atoms with Gasteiger partial charge in [-0.2, -0.15) is 0 Å². The first kappa shape index (κ1) is 15.6. The number of aryl methyl sites for hydroxylation is 1. The van der Waals surface area contributed by atoms with Crippen molar-refractivity contribution in [2.75, 3.05) is 31.2 Å². The van der Waals surface area contributed by atoms with Gasteiger partial charge in [0.05, 0.1) is 18.9 Å². The number of morpholine rings is 1. The number of benzene rings is 1. The second-order valence-corrected chi connectivity index (χ2v) is 5.48. The first-order valence-electron chi connectivity index (χ1n) is 7.59. The summed E-state index contributed by atoms with van der Waals surface area (Å²) in [5.74, 6) is 0.340. The largest absolute Gasteiger partial charge is 0.456 e. The number of nitrogens with one attached hydrogen (secondary N) is 1. The van der Waals surface area contributed by atoms with Crippen molar-refractivity contribution in [3.05, 3.63) is 53.2 Å². The van der Waals surface area contributed by atoms with E-state index in [9.17, 15) is 9.18 Å². The second kappa shape index (κ2) is 6.83. The van der Waals surface area contributed by atoms with Crippen molar-refractivity contribution in [3.8, 4) is 0 Å². The summed E-state index contributed by atoms with van der Waals surface area (Å²) in [6, 6.07) is 8.37. The van der Waals surface area contributed by atoms with Gasteiger partial charge in [0.1, 0.15) is 11.6 Å². The molecular formula is C17H19FN2O3. The molecule has 6 heteroatoms. The van der Waals surface area contributed by atoms with Crippen molar-refractivity contribution in [3.63, 3.8) is 0 Å². The molecule has 2 aromatic rings. The van der Waals surface area contributed by atoms with E-state index in [1.807, 2.05) is 11.0 Å². The lowest BCUT2D eigenvalue weighted by atomic mass is 10.1. The number of hydrogen-bond donors (Lipinski definition) is 1. The maximum absolute atomic E-state index is 14.3. The molecule has 2 heterocycles. The van der Waals surface area contributed by atoms with Crippen molar-refractivity contribution in [1.82, 2.24) is 5.32 Å². The number of carbonyl (C=O) groups excluding carboxylic acids is 1. The number of nitrogens with zero attached hydrogens (tertiary/aromatic N) is 1. The molecule has 1 aromatic heterocycles. The van der Waals surface area contributed by atoms with Gasteiger partial charge in [-0.3, -0.25) is 4.79 Å². The highest BCUT2D eigenvalue weighted by Gasteiger charge is 2.16. The summed E-state index contributed by atoms with van der Waals surface area (Å²) >= 11 is 0. The van der Waals surface area contributed by atoms with E-state index < -0.39 is 0 Å². The van der Waals surface area contributed by atoms with E-state index in [1.54, 1.807) is 25.1 Å². The maximum atomic E-state index is 14.3. The smallest absolute Gasteiger partial charge is 0.287 e. The standard InChI is InChI=1S/C17H19FN2O3/c1-12-2-5-16(23-12)17(21)19-11-13-3-4-15(14(18)10-13)20-6-8-22-9-7-20/h2-5,10H,6-9,11H2,1H3,(H,19,21). The SMILES string of the molecule is Cc1ccc(C(=O)NCc2ccc(N3CCOCC3)c(F)c2)o1. The molecule has 3 rings (SSSR count). The van der Waals surface area contributed by atoms with Crippen LogP contribution in [-0.4, -0.2) is 32.2 Å². The van der Waals surface area contributed by atoms with E-state index in [2.05, 4.69) is 5.32 Å². The van der Waals surface area contributed by atoms with Crippen molar-refractivity contribution in [1.29, 1.82) is 0 Å². The molecule has 1 aliphatic rings. The topological polar surface area (TPSA) is 54.7 Å². The minimum atomic E-state index is -0.309. The fraction of sp³-hybridized carbons (Fsp3) is 0.353. The third-order valence-corrected chi connectivity index (χ3v) is 3.78. The quantitative estimate of drug-likeness (QED) is 0.941. The van der Waals surface area contributed by atoms with Gasteiger partial charge in [0.25, 0.3) is 5.91 Å². The number of hydrogen-bond acceptors (Lipinski definition) is 4. The third kappa shape index (κ3) is 3.71. The van der Waals surface area contributed by atoms with E-state index in [0.717, 1.165) is 0 Å². The van der Waals surface area contributed by atoms with Crippen LogP contribution in [0.5, 0.6) is 0 Å². The van der Waals surface area contributed by atoms with Crippen LogP contribution in [-0.2, 0) is 11.3 Å². The summed E-state index contributed by atoms with van der Waals surface area (Å²) in [6.45, 7) is 4.62. The number of ether oxygens (including phenoxy) is 1. The van der Waals surface area contributed by atoms with Crippen LogP contribution < -0.4 is 10.2 Å². The van der Waals surface area contributed by atoms with Crippen LogP contribution in [0.15, 0.2) is 34.7 Å². The Morgan fingerprint density at radius 1 is 1.26 bits per heavy atom. The monoisotopic (exact) mass is 318 g/mol. The van der Waals surface area contributed by atoms with Crippen LogP contribution in [0, 0.1) is 12.7 Å². The average Bonchev–Trinajstić information content (AvgIpc) is 3.00. The lowest BCUT2D eigenvalue weighted by Gasteiger charge is -2.29. The molecule has 0 bridgehead atoms. The molecular weight excluding hydrogens is 299 g/mol. The summed E-state index contributed by atoms with van der Waals surface area (Å²) in [6.07, 6.45) is 0. The van der Waals surface area contributed by atoms with Crippen molar-refractivity contribution >= 4 is 11.6 Å². The van der Waals surface area contributed by atoms with Crippen molar-refractivity contribution in [2.24, 2.45) is 0 Å². The number of rotatable bonds is 4. The van der Waals surface area contributed by atoms with Crippen LogP contribution in [0.4, 0.5) is 10.1 Å². The first-order chi connectivity index (χ1) is 11.1. The molecule has 1 fully saturated rings. The first-order valence-corrected chi connectivity index (χ1v) is 7.59. The molecule has 1 N–H and O–H groups in total. The Morgan fingerprint density at radius 2 is 2.04 bits per heavy atom. The van der Waals surface area contributed by atoms with E-state index >= 15 is 0 Å². The minimum absolute atomic E-state index is 0.249. The molecule has 1 aliphatic heterocycles. The van der Waals surface area contributed by atoms with Crippen LogP contribution in [0.2, 0.25) is 0 Å². The lowest BCUT2D eigenvalue weighted by Crippen LogP contribution is -2.36. The van der Waals surface area contributed by atoms with Crippen molar-refractivity contribution < 1.29 is 18.3 Å². The fourth-order valence-electron chi connectivity index (χ4n) is 2.55. The number of furan rings is 1. The molecule has 5 nitrogen and oxygen atoms in total. The highest BCUT2D eigenvalue weighted by atomic mass is 19.1. The van der Waals surface area contributed by atoms with E-state index in [-0.39, 0.29) is 24.0 Å². The van der Waals surface area contributed by atoms with Crippen LogP contribution in [0.3, 0.4) is 0 Å². The van der Waals surface area contributed by atoms with Gasteiger partial charge in [-0.05, 0) is 36.8 Å². The molecule has 1 saturated heterocycles. The molecule has 0 saturated carbocycles. The molecule has 1 aromatic carbocycles. The molecule has 0 aliphatic carbocycles. The van der Waals surface area contributed by atoms with Crippen LogP contribution in [0.25, 0.3) is 0 Å². The van der Waals surface area contributed by atoms with Crippen LogP contribution >= 0.6 is 0 Å². The molecule has 122 valence electrons. The molecule has 1 amide bonds. The highest BCUT2D eigenvalue weighted by Crippen LogP contribution is 2.21. The van der Waals surface area contributed by atoms with E-state index in [1.165, 1.54) is 6.07 Å². The van der Waals surface area contributed by atoms with Gasteiger partial charge in [-0.25, -0.2) is 4.39 Å². The Labute approximate surface area is 134 Å². The number of halogens is 1. The fourth-order valence-corrected chi connectivity index (χ4v) is 2.55. The Bertz CT molecular complexity index is 693.